The topological polar surface area (TPSA) is 114 Å². The van der Waals surface area contributed by atoms with Gasteiger partial charge in [-0.1, -0.05) is 16.8 Å². The molecular weight excluding hydrogens is 276 g/mol. The number of rotatable bonds is 4. The van der Waals surface area contributed by atoms with Gasteiger partial charge >= 0.3 is 11.9 Å². The zero-order chi connectivity index (χ0) is 15.2. The van der Waals surface area contributed by atoms with Gasteiger partial charge in [0.1, 0.15) is 0 Å². The standard InChI is InChI=1S/C14H14N2O5/c1-7-4-9(11(17)18)6-14(5-7,13(19)20)12-15-10(21-16-12)8-2-3-8/h4-5,8H,2-3,6H2,1H3,(H,17,18)(H,19,20). The summed E-state index contributed by atoms with van der Waals surface area (Å²) in [6.07, 6.45) is 4.67. The number of allylic oxidation sites excluding steroid dienone is 2. The lowest BCUT2D eigenvalue weighted by molar-refractivity contribution is -0.142. The third-order valence-electron chi connectivity index (χ3n) is 3.77. The molecule has 2 N–H and O–H groups in total. The van der Waals surface area contributed by atoms with Crippen molar-refractivity contribution in [1.29, 1.82) is 0 Å². The highest BCUT2D eigenvalue weighted by molar-refractivity contribution is 5.92. The number of carbonyl (C=O) groups is 2. The van der Waals surface area contributed by atoms with E-state index in [9.17, 15) is 14.7 Å². The quantitative estimate of drug-likeness (QED) is 0.866. The Labute approximate surface area is 120 Å². The van der Waals surface area contributed by atoms with Crippen molar-refractivity contribution in [3.8, 4) is 0 Å². The first-order chi connectivity index (χ1) is 9.92. The van der Waals surface area contributed by atoms with Gasteiger partial charge in [0.15, 0.2) is 11.2 Å². The Balaban J connectivity index is 2.05. The van der Waals surface area contributed by atoms with Crippen molar-refractivity contribution in [2.75, 3.05) is 0 Å². The number of carboxylic acid groups (broad SMARTS) is 2. The molecule has 0 saturated heterocycles. The molecule has 1 saturated carbocycles. The van der Waals surface area contributed by atoms with Crippen LogP contribution >= 0.6 is 0 Å². The summed E-state index contributed by atoms with van der Waals surface area (Å²) in [5.74, 6) is -1.66. The lowest BCUT2D eigenvalue weighted by Gasteiger charge is -2.26. The summed E-state index contributed by atoms with van der Waals surface area (Å²) in [5, 5.41) is 22.6. The minimum atomic E-state index is -1.58. The summed E-state index contributed by atoms with van der Waals surface area (Å²) in [6.45, 7) is 1.65. The van der Waals surface area contributed by atoms with E-state index in [2.05, 4.69) is 10.1 Å². The molecule has 0 spiro atoms. The average molecular weight is 290 g/mol. The van der Waals surface area contributed by atoms with Crippen LogP contribution in [-0.2, 0) is 15.0 Å². The van der Waals surface area contributed by atoms with Crippen molar-refractivity contribution in [2.24, 2.45) is 0 Å². The first-order valence-corrected chi connectivity index (χ1v) is 6.63. The number of hydrogen-bond acceptors (Lipinski definition) is 5. The van der Waals surface area contributed by atoms with E-state index in [1.165, 1.54) is 12.2 Å². The second-order valence-corrected chi connectivity index (χ2v) is 5.55. The van der Waals surface area contributed by atoms with Gasteiger partial charge in [0.05, 0.1) is 0 Å². The van der Waals surface area contributed by atoms with Gasteiger partial charge in [0.2, 0.25) is 5.89 Å². The number of aliphatic carboxylic acids is 2. The molecule has 3 rings (SSSR count). The molecule has 0 radical (unpaired) electrons. The van der Waals surface area contributed by atoms with E-state index < -0.39 is 17.4 Å². The summed E-state index contributed by atoms with van der Waals surface area (Å²) in [4.78, 5) is 27.2. The summed E-state index contributed by atoms with van der Waals surface area (Å²) in [5.41, 5.74) is -1.00. The molecule has 0 bridgehead atoms. The monoisotopic (exact) mass is 290 g/mol. The molecule has 1 heterocycles. The highest BCUT2D eigenvalue weighted by atomic mass is 16.5. The lowest BCUT2D eigenvalue weighted by atomic mass is 9.75. The van der Waals surface area contributed by atoms with Crippen LogP contribution in [0.2, 0.25) is 0 Å². The van der Waals surface area contributed by atoms with Gasteiger partial charge in [0.25, 0.3) is 0 Å². The summed E-state index contributed by atoms with van der Waals surface area (Å²) < 4.78 is 5.13. The highest BCUT2D eigenvalue weighted by Gasteiger charge is 2.47. The molecule has 0 aromatic carbocycles. The molecule has 1 atom stereocenters. The Morgan fingerprint density at radius 2 is 2.10 bits per heavy atom. The van der Waals surface area contributed by atoms with Gasteiger partial charge in [-0.2, -0.15) is 4.98 Å². The Hall–Kier alpha value is -2.44. The predicted octanol–water partition coefficient (Wildman–Crippen LogP) is 1.63. The molecule has 1 aromatic rings. The Morgan fingerprint density at radius 3 is 2.67 bits per heavy atom. The fourth-order valence-electron chi connectivity index (χ4n) is 2.53. The van der Waals surface area contributed by atoms with Gasteiger partial charge in [-0.15, -0.1) is 0 Å². The second kappa shape index (κ2) is 4.54. The molecule has 1 aromatic heterocycles. The van der Waals surface area contributed by atoms with Crippen LogP contribution < -0.4 is 0 Å². The number of nitrogens with zero attached hydrogens (tertiary/aromatic N) is 2. The van der Waals surface area contributed by atoms with Crippen molar-refractivity contribution in [3.63, 3.8) is 0 Å². The fourth-order valence-corrected chi connectivity index (χ4v) is 2.53. The molecule has 7 heteroatoms. The normalized spacial score (nSPS) is 25.2. The molecular formula is C14H14N2O5. The minimum absolute atomic E-state index is 0.0168. The van der Waals surface area contributed by atoms with Crippen LogP contribution in [0.25, 0.3) is 0 Å². The molecule has 0 aliphatic heterocycles. The van der Waals surface area contributed by atoms with Crippen LogP contribution in [-0.4, -0.2) is 32.3 Å². The maximum Gasteiger partial charge on any atom is 0.331 e. The molecule has 21 heavy (non-hydrogen) atoms. The first-order valence-electron chi connectivity index (χ1n) is 6.63. The highest BCUT2D eigenvalue weighted by Crippen LogP contribution is 2.41. The fraction of sp³-hybridized carbons (Fsp3) is 0.429. The number of aromatic nitrogens is 2. The van der Waals surface area contributed by atoms with Crippen LogP contribution in [0, 0.1) is 0 Å². The zero-order valence-corrected chi connectivity index (χ0v) is 11.4. The van der Waals surface area contributed by atoms with Gasteiger partial charge in [-0.3, -0.25) is 4.79 Å². The van der Waals surface area contributed by atoms with Crippen LogP contribution in [0.4, 0.5) is 0 Å². The zero-order valence-electron chi connectivity index (χ0n) is 11.4. The van der Waals surface area contributed by atoms with E-state index in [1.807, 2.05) is 0 Å². The third-order valence-corrected chi connectivity index (χ3v) is 3.77. The number of hydrogen-bond donors (Lipinski definition) is 2. The smallest absolute Gasteiger partial charge is 0.331 e. The van der Waals surface area contributed by atoms with E-state index in [0.29, 0.717) is 11.5 Å². The van der Waals surface area contributed by atoms with Gasteiger partial charge in [-0.05, 0) is 25.8 Å². The van der Waals surface area contributed by atoms with Crippen molar-refractivity contribution >= 4 is 11.9 Å². The Morgan fingerprint density at radius 1 is 1.38 bits per heavy atom. The van der Waals surface area contributed by atoms with Gasteiger partial charge in [-0.25, -0.2) is 4.79 Å². The molecule has 2 aliphatic rings. The Kier molecular flexibility index (Phi) is 2.93. The maximum atomic E-state index is 11.8. The Bertz CT molecular complexity index is 683. The minimum Gasteiger partial charge on any atom is -0.480 e. The molecule has 1 unspecified atom stereocenters. The predicted molar refractivity (Wildman–Crippen MR) is 69.7 cm³/mol. The molecule has 7 nitrogen and oxygen atoms in total. The molecule has 2 aliphatic carbocycles. The van der Waals surface area contributed by atoms with E-state index >= 15 is 0 Å². The SMILES string of the molecule is CC1=CC(C(=O)O)(c2noc(C3CC3)n2)CC(C(=O)O)=C1. The maximum absolute atomic E-state index is 11.8. The van der Waals surface area contributed by atoms with Gasteiger partial charge in [0, 0.05) is 17.9 Å². The number of carboxylic acids is 2. The third kappa shape index (κ3) is 2.24. The van der Waals surface area contributed by atoms with Gasteiger partial charge < -0.3 is 14.7 Å². The van der Waals surface area contributed by atoms with Crippen molar-refractivity contribution in [2.45, 2.75) is 37.5 Å². The van der Waals surface area contributed by atoms with E-state index in [4.69, 9.17) is 9.63 Å². The molecule has 110 valence electrons. The average Bonchev–Trinajstić information content (AvgIpc) is 3.15. The van der Waals surface area contributed by atoms with E-state index in [-0.39, 0.29) is 23.7 Å². The molecule has 1 fully saturated rings. The van der Waals surface area contributed by atoms with E-state index in [1.54, 1.807) is 6.92 Å². The summed E-state index contributed by atoms with van der Waals surface area (Å²) in [7, 11) is 0. The second-order valence-electron chi connectivity index (χ2n) is 5.55. The first kappa shape index (κ1) is 13.5. The lowest BCUT2D eigenvalue weighted by Crippen LogP contribution is -2.38. The summed E-state index contributed by atoms with van der Waals surface area (Å²) >= 11 is 0. The van der Waals surface area contributed by atoms with Crippen molar-refractivity contribution < 1.29 is 24.3 Å². The largest absolute Gasteiger partial charge is 0.480 e. The van der Waals surface area contributed by atoms with Crippen LogP contribution in [0.1, 0.15) is 43.8 Å². The van der Waals surface area contributed by atoms with E-state index in [0.717, 1.165) is 12.8 Å². The van der Waals surface area contributed by atoms with Crippen LogP contribution in [0.15, 0.2) is 27.8 Å². The van der Waals surface area contributed by atoms with Crippen molar-refractivity contribution in [1.82, 2.24) is 10.1 Å². The summed E-state index contributed by atoms with van der Waals surface area (Å²) in [6, 6.07) is 0. The molecule has 0 amide bonds. The van der Waals surface area contributed by atoms with Crippen LogP contribution in [0.5, 0.6) is 0 Å². The van der Waals surface area contributed by atoms with Crippen LogP contribution in [0.3, 0.4) is 0 Å². The van der Waals surface area contributed by atoms with Crippen molar-refractivity contribution in [3.05, 3.63) is 35.0 Å².